The topological polar surface area (TPSA) is 68.4 Å². The van der Waals surface area contributed by atoms with Gasteiger partial charge in [0.05, 0.1) is 0 Å². The highest BCUT2D eigenvalue weighted by atomic mass is 16.2. The fraction of sp³-hybridized carbons (Fsp3) is 0.524. The summed E-state index contributed by atoms with van der Waals surface area (Å²) in [4.78, 5) is 32.3. The van der Waals surface area contributed by atoms with Gasteiger partial charge in [-0.05, 0) is 58.5 Å². The summed E-state index contributed by atoms with van der Waals surface area (Å²) in [5, 5.41) is 4.21. The summed E-state index contributed by atoms with van der Waals surface area (Å²) in [5.74, 6) is 0.0266. The summed E-state index contributed by atoms with van der Waals surface area (Å²) in [5.41, 5.74) is 2.10. The Hall–Kier alpha value is -2.34. The molecule has 2 aromatic rings. The van der Waals surface area contributed by atoms with Crippen molar-refractivity contribution in [1.29, 1.82) is 0 Å². The molecule has 3 rings (SSSR count). The molecule has 0 saturated carbocycles. The zero-order chi connectivity index (χ0) is 19.4. The Morgan fingerprint density at radius 1 is 1.37 bits per heavy atom. The quantitative estimate of drug-likeness (QED) is 0.750. The highest BCUT2D eigenvalue weighted by molar-refractivity contribution is 5.91. The zero-order valence-corrected chi connectivity index (χ0v) is 16.5. The highest BCUT2D eigenvalue weighted by Crippen LogP contribution is 2.25. The summed E-state index contributed by atoms with van der Waals surface area (Å²) in [6.07, 6.45) is 4.95. The highest BCUT2D eigenvalue weighted by Gasteiger charge is 2.36. The molecule has 0 spiro atoms. The lowest BCUT2D eigenvalue weighted by atomic mass is 10.1. The van der Waals surface area contributed by atoms with E-state index in [0.717, 1.165) is 35.9 Å². The SMILES string of the molecule is CC(CCCN(C)C)NC(=O)C1CCC(=O)N1Cc1c[nH]c2ccccc12. The Balaban J connectivity index is 1.62. The molecule has 146 valence electrons. The molecule has 2 heterocycles. The van der Waals surface area contributed by atoms with Crippen molar-refractivity contribution < 1.29 is 9.59 Å². The van der Waals surface area contributed by atoms with Gasteiger partial charge in [0.2, 0.25) is 11.8 Å². The standard InChI is InChI=1S/C21H30N4O2/c1-15(7-6-12-24(2)3)23-21(27)19-10-11-20(26)25(19)14-16-13-22-18-9-5-4-8-17(16)18/h4-5,8-9,13,15,19,22H,6-7,10-12,14H2,1-3H3,(H,23,27). The normalized spacial score (nSPS) is 18.4. The molecule has 1 aliphatic heterocycles. The van der Waals surface area contributed by atoms with Crippen molar-refractivity contribution in [2.45, 2.75) is 51.2 Å². The molecule has 27 heavy (non-hydrogen) atoms. The second-order valence-corrected chi connectivity index (χ2v) is 7.79. The fourth-order valence-electron chi connectivity index (χ4n) is 3.78. The lowest BCUT2D eigenvalue weighted by Gasteiger charge is -2.25. The van der Waals surface area contributed by atoms with Crippen LogP contribution in [0.5, 0.6) is 0 Å². The van der Waals surface area contributed by atoms with Gasteiger partial charge in [0, 0.05) is 36.1 Å². The Bertz CT molecular complexity index is 798. The van der Waals surface area contributed by atoms with Crippen LogP contribution in [0.2, 0.25) is 0 Å². The number of carbonyl (C=O) groups excluding carboxylic acids is 2. The number of hydrogen-bond donors (Lipinski definition) is 2. The average molecular weight is 370 g/mol. The molecule has 0 radical (unpaired) electrons. The third-order valence-corrected chi connectivity index (χ3v) is 5.28. The van der Waals surface area contributed by atoms with E-state index in [2.05, 4.69) is 29.3 Å². The first kappa shape index (κ1) is 19.4. The first-order valence-corrected chi connectivity index (χ1v) is 9.75. The van der Waals surface area contributed by atoms with Gasteiger partial charge in [-0.1, -0.05) is 18.2 Å². The van der Waals surface area contributed by atoms with Gasteiger partial charge < -0.3 is 20.1 Å². The molecule has 1 aromatic heterocycles. The minimum absolute atomic E-state index is 0.0296. The molecule has 0 aliphatic carbocycles. The molecule has 6 nitrogen and oxygen atoms in total. The number of aromatic nitrogens is 1. The van der Waals surface area contributed by atoms with Crippen molar-refractivity contribution in [3.05, 3.63) is 36.0 Å². The summed E-state index contributed by atoms with van der Waals surface area (Å²) in [6, 6.07) is 7.78. The molecule has 1 aromatic carbocycles. The predicted octanol–water partition coefficient (Wildman–Crippen LogP) is 2.51. The van der Waals surface area contributed by atoms with Gasteiger partial charge in [-0.25, -0.2) is 0 Å². The van der Waals surface area contributed by atoms with Crippen LogP contribution in [0.1, 0.15) is 38.2 Å². The van der Waals surface area contributed by atoms with Gasteiger partial charge in [0.15, 0.2) is 0 Å². The van der Waals surface area contributed by atoms with E-state index in [1.165, 1.54) is 0 Å². The zero-order valence-electron chi connectivity index (χ0n) is 16.5. The van der Waals surface area contributed by atoms with Crippen molar-refractivity contribution in [2.24, 2.45) is 0 Å². The van der Waals surface area contributed by atoms with Crippen LogP contribution in [0.4, 0.5) is 0 Å². The monoisotopic (exact) mass is 370 g/mol. The van der Waals surface area contributed by atoms with E-state index < -0.39 is 0 Å². The minimum atomic E-state index is -0.373. The molecule has 1 aliphatic rings. The van der Waals surface area contributed by atoms with Crippen LogP contribution >= 0.6 is 0 Å². The Labute approximate surface area is 160 Å². The first-order valence-electron chi connectivity index (χ1n) is 9.75. The summed E-state index contributed by atoms with van der Waals surface area (Å²) in [7, 11) is 4.10. The average Bonchev–Trinajstić information content (AvgIpc) is 3.19. The maximum atomic E-state index is 12.8. The van der Waals surface area contributed by atoms with Crippen LogP contribution in [0, 0.1) is 0 Å². The van der Waals surface area contributed by atoms with Gasteiger partial charge >= 0.3 is 0 Å². The number of hydrogen-bond acceptors (Lipinski definition) is 3. The van der Waals surface area contributed by atoms with Gasteiger partial charge in [-0.2, -0.15) is 0 Å². The van der Waals surface area contributed by atoms with Crippen molar-refractivity contribution in [2.75, 3.05) is 20.6 Å². The number of fused-ring (bicyclic) bond motifs is 1. The molecular weight excluding hydrogens is 340 g/mol. The Morgan fingerprint density at radius 3 is 2.93 bits per heavy atom. The van der Waals surface area contributed by atoms with Gasteiger partial charge in [0.25, 0.3) is 0 Å². The number of nitrogens with one attached hydrogen (secondary N) is 2. The van der Waals surface area contributed by atoms with E-state index in [9.17, 15) is 9.59 Å². The Morgan fingerprint density at radius 2 is 2.15 bits per heavy atom. The molecule has 2 N–H and O–H groups in total. The van der Waals surface area contributed by atoms with Crippen LogP contribution in [0.15, 0.2) is 30.5 Å². The van der Waals surface area contributed by atoms with Crippen LogP contribution in [0.3, 0.4) is 0 Å². The van der Waals surface area contributed by atoms with E-state index in [-0.39, 0.29) is 23.9 Å². The van der Waals surface area contributed by atoms with E-state index in [1.54, 1.807) is 4.90 Å². The number of carbonyl (C=O) groups is 2. The van der Waals surface area contributed by atoms with Gasteiger partial charge in [-0.15, -0.1) is 0 Å². The van der Waals surface area contributed by atoms with Gasteiger partial charge in [-0.3, -0.25) is 9.59 Å². The van der Waals surface area contributed by atoms with E-state index >= 15 is 0 Å². The second-order valence-electron chi connectivity index (χ2n) is 7.79. The number of amides is 2. The van der Waals surface area contributed by atoms with Crippen LogP contribution in [0.25, 0.3) is 10.9 Å². The van der Waals surface area contributed by atoms with Crippen LogP contribution in [-0.2, 0) is 16.1 Å². The molecular formula is C21H30N4O2. The molecule has 1 fully saturated rings. The molecule has 2 unspecified atom stereocenters. The van der Waals surface area contributed by atoms with E-state index in [1.807, 2.05) is 37.4 Å². The molecule has 2 atom stereocenters. The van der Waals surface area contributed by atoms with Crippen molar-refractivity contribution in [1.82, 2.24) is 20.1 Å². The van der Waals surface area contributed by atoms with Crippen molar-refractivity contribution >= 4 is 22.7 Å². The molecule has 0 bridgehead atoms. The molecule has 1 saturated heterocycles. The van der Waals surface area contributed by atoms with Crippen molar-refractivity contribution in [3.63, 3.8) is 0 Å². The largest absolute Gasteiger partial charge is 0.361 e. The van der Waals surface area contributed by atoms with Gasteiger partial charge in [0.1, 0.15) is 6.04 Å². The molecule has 6 heteroatoms. The maximum absolute atomic E-state index is 12.8. The third kappa shape index (κ3) is 4.69. The number of rotatable bonds is 8. The lowest BCUT2D eigenvalue weighted by molar-refractivity contribution is -0.136. The van der Waals surface area contributed by atoms with Crippen LogP contribution in [-0.4, -0.2) is 59.3 Å². The smallest absolute Gasteiger partial charge is 0.243 e. The Kier molecular flexibility index (Phi) is 6.16. The summed E-state index contributed by atoms with van der Waals surface area (Å²) in [6.45, 7) is 3.51. The number of benzene rings is 1. The first-order chi connectivity index (χ1) is 13.0. The predicted molar refractivity (Wildman–Crippen MR) is 107 cm³/mol. The van der Waals surface area contributed by atoms with Crippen molar-refractivity contribution in [3.8, 4) is 0 Å². The maximum Gasteiger partial charge on any atom is 0.243 e. The number of H-pyrrole nitrogens is 1. The number of para-hydroxylation sites is 1. The number of nitrogens with zero attached hydrogens (tertiary/aromatic N) is 2. The summed E-state index contributed by atoms with van der Waals surface area (Å²) < 4.78 is 0. The second kappa shape index (κ2) is 8.57. The number of likely N-dealkylation sites (tertiary alicyclic amines) is 1. The summed E-state index contributed by atoms with van der Waals surface area (Å²) >= 11 is 0. The third-order valence-electron chi connectivity index (χ3n) is 5.28. The fourth-order valence-corrected chi connectivity index (χ4v) is 3.78. The number of aromatic amines is 1. The molecule has 2 amide bonds. The van der Waals surface area contributed by atoms with E-state index in [4.69, 9.17) is 0 Å². The van der Waals surface area contributed by atoms with Crippen LogP contribution < -0.4 is 5.32 Å². The van der Waals surface area contributed by atoms with E-state index in [0.29, 0.717) is 19.4 Å². The lowest BCUT2D eigenvalue weighted by Crippen LogP contribution is -2.47. The minimum Gasteiger partial charge on any atom is -0.361 e.